The summed E-state index contributed by atoms with van der Waals surface area (Å²) in [5.41, 5.74) is 0. The van der Waals surface area contributed by atoms with Gasteiger partial charge in [-0.1, -0.05) is 0 Å². The predicted molar refractivity (Wildman–Crippen MR) is 37.3 cm³/mol. The molecule has 0 radical (unpaired) electrons. The molecule has 9 heteroatoms. The number of hydrogen-bond donors (Lipinski definition) is 4. The van der Waals surface area contributed by atoms with Gasteiger partial charge < -0.3 is 28.9 Å². The molecule has 52 valence electrons. The van der Waals surface area contributed by atoms with Crippen molar-refractivity contribution in [2.75, 3.05) is 0 Å². The molecule has 0 fully saturated rings. The van der Waals surface area contributed by atoms with E-state index in [1.807, 2.05) is 0 Å². The third-order valence-corrected chi connectivity index (χ3v) is 0. The van der Waals surface area contributed by atoms with Gasteiger partial charge in [0.15, 0.2) is 17.4 Å². The van der Waals surface area contributed by atoms with Crippen LogP contribution in [0, 0.1) is 0 Å². The SMILES string of the molecule is O.O[Si](O)(O)O.[AlH3].[Ba+2].[H-].[H-].[H-].[K+]. The molecule has 5 nitrogen and oxygen atoms in total. The van der Waals surface area contributed by atoms with E-state index < -0.39 is 9.05 Å². The maximum absolute atomic E-state index is 7.33. The first-order valence-electron chi connectivity index (χ1n) is 0.894. The van der Waals surface area contributed by atoms with Crippen LogP contribution in [0.1, 0.15) is 4.28 Å². The van der Waals surface area contributed by atoms with E-state index in [9.17, 15) is 0 Å². The topological polar surface area (TPSA) is 112 Å². The molecule has 0 aliphatic carbocycles. The van der Waals surface area contributed by atoms with Gasteiger partial charge in [0, 0.05) is 0 Å². The van der Waals surface area contributed by atoms with Crippen molar-refractivity contribution in [2.45, 2.75) is 0 Å². The Bertz CT molecular complexity index is 42.2. The summed E-state index contributed by atoms with van der Waals surface area (Å²) in [5.74, 6) is 0. The van der Waals surface area contributed by atoms with Crippen molar-refractivity contribution in [2.24, 2.45) is 0 Å². The maximum atomic E-state index is 7.33. The van der Waals surface area contributed by atoms with Crippen LogP contribution in [0.4, 0.5) is 0 Å². The first kappa shape index (κ1) is 29.3. The van der Waals surface area contributed by atoms with Crippen molar-refractivity contribution < 1.29 is 80.3 Å². The van der Waals surface area contributed by atoms with Crippen LogP contribution in [-0.2, 0) is 0 Å². The maximum Gasteiger partial charge on any atom is 2.00 e. The second-order valence-electron chi connectivity index (χ2n) is 0.600. The van der Waals surface area contributed by atoms with Crippen molar-refractivity contribution >= 4 is 75.3 Å². The fraction of sp³-hybridized carbons (Fsp3) is 0. The van der Waals surface area contributed by atoms with Crippen LogP contribution >= 0.6 is 0 Å². The molecule has 0 saturated heterocycles. The van der Waals surface area contributed by atoms with Crippen molar-refractivity contribution in [3.63, 3.8) is 0 Å². The molecule has 0 bridgehead atoms. The van der Waals surface area contributed by atoms with Crippen molar-refractivity contribution in [1.82, 2.24) is 0 Å². The fourth-order valence-corrected chi connectivity index (χ4v) is 0. The Hall–Kier alpha value is 3.76. The Kier molecular flexibility index (Phi) is 46.5. The van der Waals surface area contributed by atoms with Crippen LogP contribution in [0.15, 0.2) is 0 Å². The second kappa shape index (κ2) is 14.3. The Morgan fingerprint density at radius 1 is 1.00 bits per heavy atom. The molecular formula is H12AlBaKO5Si. The Labute approximate surface area is 152 Å². The Morgan fingerprint density at radius 3 is 1.00 bits per heavy atom. The van der Waals surface area contributed by atoms with E-state index in [4.69, 9.17) is 19.2 Å². The van der Waals surface area contributed by atoms with Crippen LogP contribution in [-0.4, -0.2) is 99.9 Å². The first-order valence-corrected chi connectivity index (χ1v) is 2.68. The first-order chi connectivity index (χ1) is 2.00. The predicted octanol–water partition coefficient (Wildman–Crippen LogP) is -7.66. The summed E-state index contributed by atoms with van der Waals surface area (Å²) in [4.78, 5) is 29.3. The van der Waals surface area contributed by atoms with E-state index in [-0.39, 0.29) is 127 Å². The van der Waals surface area contributed by atoms with Gasteiger partial charge in [0.1, 0.15) is 0 Å². The molecule has 0 unspecified atom stereocenters. The zero-order valence-electron chi connectivity index (χ0n) is 7.50. The molecule has 6 N–H and O–H groups in total. The molecule has 0 aromatic carbocycles. The Balaban J connectivity index is -0.00000000381. The molecule has 0 aromatic heterocycles. The van der Waals surface area contributed by atoms with Gasteiger partial charge in [-0.15, -0.1) is 0 Å². The van der Waals surface area contributed by atoms with Crippen LogP contribution in [0.5, 0.6) is 0 Å². The van der Waals surface area contributed by atoms with Gasteiger partial charge in [-0.05, 0) is 0 Å². The summed E-state index contributed by atoms with van der Waals surface area (Å²) in [7, 11) is -4.61. The van der Waals surface area contributed by atoms with E-state index >= 15 is 0 Å². The van der Waals surface area contributed by atoms with Crippen molar-refractivity contribution in [3.8, 4) is 0 Å². The minimum absolute atomic E-state index is 0. The number of rotatable bonds is 0. The summed E-state index contributed by atoms with van der Waals surface area (Å²) >= 11 is 0. The van der Waals surface area contributed by atoms with E-state index in [2.05, 4.69) is 0 Å². The fourth-order valence-electron chi connectivity index (χ4n) is 0. The molecular weight excluding hydrogens is 311 g/mol. The Morgan fingerprint density at radius 2 is 1.00 bits per heavy atom. The van der Waals surface area contributed by atoms with Gasteiger partial charge >= 0.3 is 109 Å². The molecule has 0 aromatic rings. The molecule has 0 spiro atoms. The molecule has 0 amide bonds. The normalized spacial score (nSPS) is 6.67. The van der Waals surface area contributed by atoms with Gasteiger partial charge in [-0.25, -0.2) is 0 Å². The largest absolute Gasteiger partial charge is 2.00 e. The molecule has 0 atom stereocenters. The molecule has 0 rings (SSSR count). The smallest absolute Gasteiger partial charge is 1.00 e. The summed E-state index contributed by atoms with van der Waals surface area (Å²) < 4.78 is 0. The van der Waals surface area contributed by atoms with E-state index in [0.717, 1.165) is 0 Å². The van der Waals surface area contributed by atoms with Gasteiger partial charge in [-0.3, -0.25) is 0 Å². The van der Waals surface area contributed by atoms with Crippen molar-refractivity contribution in [3.05, 3.63) is 0 Å². The third kappa shape index (κ3) is 79.3. The monoisotopic (exact) mass is 324 g/mol. The molecule has 9 heavy (non-hydrogen) atoms. The van der Waals surface area contributed by atoms with Crippen molar-refractivity contribution in [1.29, 1.82) is 0 Å². The molecule has 0 aliphatic heterocycles. The van der Waals surface area contributed by atoms with E-state index in [1.54, 1.807) is 0 Å². The second-order valence-corrected chi connectivity index (χ2v) is 1.80. The third-order valence-electron chi connectivity index (χ3n) is 0. The minimum Gasteiger partial charge on any atom is -1.00 e. The average molecular weight is 324 g/mol. The minimum atomic E-state index is -4.61. The van der Waals surface area contributed by atoms with E-state index in [1.165, 1.54) is 0 Å². The average Bonchev–Trinajstić information content (AvgIpc) is 0.722. The zero-order chi connectivity index (χ0) is 4.50. The quantitative estimate of drug-likeness (QED) is 0.332. The van der Waals surface area contributed by atoms with Gasteiger partial charge in [0.25, 0.3) is 0 Å². The van der Waals surface area contributed by atoms with Crippen LogP contribution in [0.2, 0.25) is 0 Å². The van der Waals surface area contributed by atoms with Crippen LogP contribution in [0.3, 0.4) is 0 Å². The molecule has 0 aliphatic rings. The standard InChI is InChI=1S/Al.Ba.K.H4O4Si.H2O.6H/c;;;1-5(2,3)4;;;;;;;/h;;;1-4H;1H2;;;;;;/q;+2;+1;;;;;;3*-1. The summed E-state index contributed by atoms with van der Waals surface area (Å²) in [5, 5.41) is 0. The zero-order valence-corrected chi connectivity index (χ0v) is 13.1. The van der Waals surface area contributed by atoms with Crippen LogP contribution in [0.25, 0.3) is 0 Å². The molecule has 0 heterocycles. The van der Waals surface area contributed by atoms with Gasteiger partial charge in [0.2, 0.25) is 0 Å². The number of hydrogen-bond acceptors (Lipinski definition) is 4. The van der Waals surface area contributed by atoms with Gasteiger partial charge in [-0.2, -0.15) is 0 Å². The van der Waals surface area contributed by atoms with Gasteiger partial charge in [0.05, 0.1) is 0 Å². The van der Waals surface area contributed by atoms with Crippen LogP contribution < -0.4 is 51.4 Å². The van der Waals surface area contributed by atoms with E-state index in [0.29, 0.717) is 0 Å². The summed E-state index contributed by atoms with van der Waals surface area (Å²) in [6.07, 6.45) is 0. The summed E-state index contributed by atoms with van der Waals surface area (Å²) in [6.45, 7) is 0. The molecule has 0 saturated carbocycles. The summed E-state index contributed by atoms with van der Waals surface area (Å²) in [6, 6.07) is 0.